The van der Waals surface area contributed by atoms with Gasteiger partial charge in [0, 0.05) is 48.9 Å². The summed E-state index contributed by atoms with van der Waals surface area (Å²) >= 11 is 1.93. The highest BCUT2D eigenvalue weighted by Crippen LogP contribution is 2.28. The van der Waals surface area contributed by atoms with E-state index in [9.17, 15) is 4.79 Å². The predicted octanol–water partition coefficient (Wildman–Crippen LogP) is 2.20. The summed E-state index contributed by atoms with van der Waals surface area (Å²) in [6, 6.07) is 0.539. The van der Waals surface area contributed by atoms with Gasteiger partial charge in [-0.1, -0.05) is 13.3 Å². The van der Waals surface area contributed by atoms with E-state index in [0.717, 1.165) is 44.0 Å². The number of amides is 1. The summed E-state index contributed by atoms with van der Waals surface area (Å²) in [5, 5.41) is 4.62. The Balaban J connectivity index is 1.77. The Bertz CT molecular complexity index is 580. The van der Waals surface area contributed by atoms with E-state index in [1.54, 1.807) is 0 Å². The fraction of sp³-hybridized carbons (Fsp3) is 0.778. The lowest BCUT2D eigenvalue weighted by atomic mass is 9.90. The molecule has 24 heavy (non-hydrogen) atoms. The molecular formula is C18H30N4OS. The SMILES string of the molecule is CCCCN(C)[C@H]1CCc2c(c(C(=O)N3CCSCC3)nn2C)C1. The third kappa shape index (κ3) is 3.64. The minimum atomic E-state index is 0.143. The first-order valence-electron chi connectivity index (χ1n) is 9.23. The van der Waals surface area contributed by atoms with Gasteiger partial charge in [0.15, 0.2) is 5.69 Å². The van der Waals surface area contributed by atoms with Crippen LogP contribution in [0, 0.1) is 0 Å². The largest absolute Gasteiger partial charge is 0.336 e. The average Bonchev–Trinajstić information content (AvgIpc) is 2.96. The molecule has 1 aromatic rings. The van der Waals surface area contributed by atoms with Crippen molar-refractivity contribution < 1.29 is 4.79 Å². The first kappa shape index (κ1) is 17.8. The van der Waals surface area contributed by atoms with Crippen LogP contribution in [0.3, 0.4) is 0 Å². The lowest BCUT2D eigenvalue weighted by Gasteiger charge is -2.32. The maximum atomic E-state index is 13.0. The van der Waals surface area contributed by atoms with Crippen LogP contribution in [-0.4, -0.2) is 69.7 Å². The molecule has 0 unspecified atom stereocenters. The molecule has 1 aliphatic heterocycles. The van der Waals surface area contributed by atoms with Crippen LogP contribution in [0.1, 0.15) is 47.9 Å². The second-order valence-electron chi connectivity index (χ2n) is 7.03. The highest BCUT2D eigenvalue weighted by atomic mass is 32.2. The van der Waals surface area contributed by atoms with Crippen molar-refractivity contribution in [3.63, 3.8) is 0 Å². The second kappa shape index (κ2) is 7.91. The fourth-order valence-electron chi connectivity index (χ4n) is 3.83. The van der Waals surface area contributed by atoms with Crippen LogP contribution in [0.4, 0.5) is 0 Å². The van der Waals surface area contributed by atoms with Crippen molar-refractivity contribution in [3.05, 3.63) is 17.0 Å². The van der Waals surface area contributed by atoms with E-state index in [0.29, 0.717) is 11.7 Å². The van der Waals surface area contributed by atoms with Crippen molar-refractivity contribution in [2.45, 2.75) is 45.1 Å². The van der Waals surface area contributed by atoms with E-state index in [4.69, 9.17) is 0 Å². The normalized spacial score (nSPS) is 21.2. The van der Waals surface area contributed by atoms with E-state index >= 15 is 0 Å². The maximum Gasteiger partial charge on any atom is 0.274 e. The van der Waals surface area contributed by atoms with Gasteiger partial charge in [-0.2, -0.15) is 16.9 Å². The van der Waals surface area contributed by atoms with Crippen molar-refractivity contribution >= 4 is 17.7 Å². The number of carbonyl (C=O) groups is 1. The molecule has 0 aromatic carbocycles. The van der Waals surface area contributed by atoms with Crippen LogP contribution in [0.2, 0.25) is 0 Å². The molecule has 1 saturated heterocycles. The minimum absolute atomic E-state index is 0.143. The number of nitrogens with zero attached hydrogens (tertiary/aromatic N) is 4. The van der Waals surface area contributed by atoms with Gasteiger partial charge in [0.1, 0.15) is 0 Å². The topological polar surface area (TPSA) is 41.4 Å². The van der Waals surface area contributed by atoms with Gasteiger partial charge < -0.3 is 9.80 Å². The third-order valence-electron chi connectivity index (χ3n) is 5.42. The molecule has 0 bridgehead atoms. The van der Waals surface area contributed by atoms with Gasteiger partial charge in [-0.25, -0.2) is 0 Å². The number of likely N-dealkylation sites (N-methyl/N-ethyl adjacent to an activating group) is 1. The fourth-order valence-corrected chi connectivity index (χ4v) is 4.73. The summed E-state index contributed by atoms with van der Waals surface area (Å²) in [6.07, 6.45) is 5.63. The van der Waals surface area contributed by atoms with Gasteiger partial charge in [-0.15, -0.1) is 0 Å². The first-order valence-corrected chi connectivity index (χ1v) is 10.4. The van der Waals surface area contributed by atoms with Crippen molar-refractivity contribution in [2.24, 2.45) is 7.05 Å². The number of aryl methyl sites for hydroxylation is 1. The number of rotatable bonds is 5. The van der Waals surface area contributed by atoms with Crippen molar-refractivity contribution in [3.8, 4) is 0 Å². The van der Waals surface area contributed by atoms with Crippen LogP contribution in [0.5, 0.6) is 0 Å². The molecule has 6 heteroatoms. The van der Waals surface area contributed by atoms with Crippen LogP contribution in [0.15, 0.2) is 0 Å². The predicted molar refractivity (Wildman–Crippen MR) is 99.8 cm³/mol. The molecule has 2 heterocycles. The Morgan fingerprint density at radius 3 is 2.83 bits per heavy atom. The van der Waals surface area contributed by atoms with Gasteiger partial charge in [-0.05, 0) is 39.3 Å². The lowest BCUT2D eigenvalue weighted by Crippen LogP contribution is -2.40. The Morgan fingerprint density at radius 2 is 2.12 bits per heavy atom. The zero-order valence-corrected chi connectivity index (χ0v) is 16.1. The lowest BCUT2D eigenvalue weighted by molar-refractivity contribution is 0.0764. The van der Waals surface area contributed by atoms with Gasteiger partial charge >= 0.3 is 0 Å². The molecule has 1 aromatic heterocycles. The van der Waals surface area contributed by atoms with E-state index in [2.05, 4.69) is 24.0 Å². The molecule has 3 rings (SSSR count). The molecule has 5 nitrogen and oxygen atoms in total. The summed E-state index contributed by atoms with van der Waals surface area (Å²) in [4.78, 5) is 17.4. The second-order valence-corrected chi connectivity index (χ2v) is 8.26. The number of thioether (sulfide) groups is 1. The molecule has 0 spiro atoms. The minimum Gasteiger partial charge on any atom is -0.336 e. The summed E-state index contributed by atoms with van der Waals surface area (Å²) in [5.41, 5.74) is 3.19. The summed E-state index contributed by atoms with van der Waals surface area (Å²) in [7, 11) is 4.22. The molecule has 1 aliphatic carbocycles. The average molecular weight is 351 g/mol. The van der Waals surface area contributed by atoms with Crippen LogP contribution in [-0.2, 0) is 19.9 Å². The van der Waals surface area contributed by atoms with E-state index < -0.39 is 0 Å². The molecule has 0 saturated carbocycles. The van der Waals surface area contributed by atoms with Crippen molar-refractivity contribution in [1.82, 2.24) is 19.6 Å². The Labute approximate surface area is 149 Å². The number of hydrogen-bond donors (Lipinski definition) is 0. The standard InChI is InChI=1S/C18H30N4OS/c1-4-5-8-20(2)14-6-7-16-15(13-14)17(19-21(16)3)18(23)22-9-11-24-12-10-22/h14H,4-13H2,1-3H3/t14-/m0/s1. The number of unbranched alkanes of at least 4 members (excludes halogenated alkanes) is 1. The molecule has 1 amide bonds. The van der Waals surface area contributed by atoms with Gasteiger partial charge in [0.05, 0.1) is 0 Å². The first-order chi connectivity index (χ1) is 11.6. The third-order valence-corrected chi connectivity index (χ3v) is 6.36. The van der Waals surface area contributed by atoms with Gasteiger partial charge in [-0.3, -0.25) is 9.48 Å². The quantitative estimate of drug-likeness (QED) is 0.816. The van der Waals surface area contributed by atoms with Crippen LogP contribution >= 0.6 is 11.8 Å². The number of aromatic nitrogens is 2. The van der Waals surface area contributed by atoms with Gasteiger partial charge in [0.25, 0.3) is 5.91 Å². The highest BCUT2D eigenvalue weighted by Gasteiger charge is 2.32. The maximum absolute atomic E-state index is 13.0. The van der Waals surface area contributed by atoms with Crippen molar-refractivity contribution in [1.29, 1.82) is 0 Å². The zero-order valence-electron chi connectivity index (χ0n) is 15.3. The summed E-state index contributed by atoms with van der Waals surface area (Å²) in [6.45, 7) is 5.09. The Morgan fingerprint density at radius 1 is 1.38 bits per heavy atom. The zero-order chi connectivity index (χ0) is 17.1. The number of carbonyl (C=O) groups excluding carboxylic acids is 1. The van der Waals surface area contributed by atoms with E-state index in [1.165, 1.54) is 30.5 Å². The smallest absolute Gasteiger partial charge is 0.274 e. The molecular weight excluding hydrogens is 320 g/mol. The van der Waals surface area contributed by atoms with Crippen LogP contribution in [0.25, 0.3) is 0 Å². The molecule has 134 valence electrons. The molecule has 0 N–H and O–H groups in total. The van der Waals surface area contributed by atoms with E-state index in [1.807, 2.05) is 28.4 Å². The number of hydrogen-bond acceptors (Lipinski definition) is 4. The Kier molecular flexibility index (Phi) is 5.87. The molecule has 1 atom stereocenters. The number of fused-ring (bicyclic) bond motifs is 1. The van der Waals surface area contributed by atoms with Crippen molar-refractivity contribution in [2.75, 3.05) is 38.2 Å². The molecule has 1 fully saturated rings. The van der Waals surface area contributed by atoms with E-state index in [-0.39, 0.29) is 5.91 Å². The molecule has 2 aliphatic rings. The molecule has 0 radical (unpaired) electrons. The monoisotopic (exact) mass is 350 g/mol. The summed E-state index contributed by atoms with van der Waals surface area (Å²) in [5.74, 6) is 2.23. The van der Waals surface area contributed by atoms with Gasteiger partial charge in [0.2, 0.25) is 0 Å². The Hall–Kier alpha value is -1.01. The van der Waals surface area contributed by atoms with Crippen LogP contribution < -0.4 is 0 Å². The highest BCUT2D eigenvalue weighted by molar-refractivity contribution is 7.99. The summed E-state index contributed by atoms with van der Waals surface area (Å²) < 4.78 is 1.95.